The van der Waals surface area contributed by atoms with Gasteiger partial charge in [0.05, 0.1) is 4.90 Å². The van der Waals surface area contributed by atoms with E-state index in [9.17, 15) is 8.42 Å². The molecule has 1 heterocycles. The van der Waals surface area contributed by atoms with Crippen LogP contribution in [0, 0.1) is 5.41 Å². The van der Waals surface area contributed by atoms with E-state index in [0.717, 1.165) is 18.5 Å². The molecule has 0 amide bonds. The number of hydrogen-bond donors (Lipinski definition) is 3. The van der Waals surface area contributed by atoms with Crippen molar-refractivity contribution < 1.29 is 8.42 Å². The second-order valence-electron chi connectivity index (χ2n) is 6.09. The third-order valence-electron chi connectivity index (χ3n) is 4.14. The fraction of sp³-hybridized carbons (Fsp3) is 0.714. The molecular formula is C14H25N3O2S. The van der Waals surface area contributed by atoms with Crippen molar-refractivity contribution in [3.63, 3.8) is 0 Å². The summed E-state index contributed by atoms with van der Waals surface area (Å²) in [4.78, 5) is 3.30. The summed E-state index contributed by atoms with van der Waals surface area (Å²) in [5.41, 5.74) is 0.979. The SMILES string of the molecule is CNCc1cc(S(=O)(=O)NCC2(C)CCCCC2)c[nH]1. The highest BCUT2D eigenvalue weighted by atomic mass is 32.2. The zero-order valence-corrected chi connectivity index (χ0v) is 13.1. The predicted octanol–water partition coefficient (Wildman–Crippen LogP) is 1.98. The van der Waals surface area contributed by atoms with Gasteiger partial charge in [0, 0.05) is 25.0 Å². The molecule has 0 saturated heterocycles. The van der Waals surface area contributed by atoms with E-state index in [1.54, 1.807) is 12.3 Å². The van der Waals surface area contributed by atoms with E-state index < -0.39 is 10.0 Å². The second-order valence-corrected chi connectivity index (χ2v) is 7.85. The molecule has 20 heavy (non-hydrogen) atoms. The molecule has 1 fully saturated rings. The van der Waals surface area contributed by atoms with E-state index in [0.29, 0.717) is 18.0 Å². The van der Waals surface area contributed by atoms with Crippen molar-refractivity contribution in [2.45, 2.75) is 50.5 Å². The molecule has 2 rings (SSSR count). The van der Waals surface area contributed by atoms with Gasteiger partial charge in [-0.25, -0.2) is 13.1 Å². The minimum atomic E-state index is -3.40. The summed E-state index contributed by atoms with van der Waals surface area (Å²) in [5, 5.41) is 2.99. The highest BCUT2D eigenvalue weighted by Gasteiger charge is 2.28. The predicted molar refractivity (Wildman–Crippen MR) is 79.9 cm³/mol. The van der Waals surface area contributed by atoms with Gasteiger partial charge < -0.3 is 10.3 Å². The Balaban J connectivity index is 1.99. The Kier molecular flexibility index (Phi) is 4.88. The lowest BCUT2D eigenvalue weighted by molar-refractivity contribution is 0.219. The zero-order valence-electron chi connectivity index (χ0n) is 12.3. The van der Waals surface area contributed by atoms with Gasteiger partial charge in [0.1, 0.15) is 0 Å². The molecule has 1 aromatic rings. The van der Waals surface area contributed by atoms with Crippen molar-refractivity contribution in [1.29, 1.82) is 0 Å². The van der Waals surface area contributed by atoms with E-state index in [1.165, 1.54) is 19.3 Å². The molecule has 6 heteroatoms. The van der Waals surface area contributed by atoms with E-state index in [-0.39, 0.29) is 5.41 Å². The maximum Gasteiger partial charge on any atom is 0.242 e. The Morgan fingerprint density at radius 2 is 2.00 bits per heavy atom. The average molecular weight is 299 g/mol. The second kappa shape index (κ2) is 6.28. The normalized spacial score (nSPS) is 19.1. The van der Waals surface area contributed by atoms with Crippen LogP contribution in [0.15, 0.2) is 17.2 Å². The molecule has 0 unspecified atom stereocenters. The smallest absolute Gasteiger partial charge is 0.242 e. The maximum absolute atomic E-state index is 12.3. The molecule has 5 nitrogen and oxygen atoms in total. The van der Waals surface area contributed by atoms with Crippen molar-refractivity contribution in [1.82, 2.24) is 15.0 Å². The van der Waals surface area contributed by atoms with Crippen LogP contribution < -0.4 is 10.0 Å². The molecule has 3 N–H and O–H groups in total. The van der Waals surface area contributed by atoms with Gasteiger partial charge in [-0.05, 0) is 31.4 Å². The van der Waals surface area contributed by atoms with Gasteiger partial charge in [-0.1, -0.05) is 26.2 Å². The van der Waals surface area contributed by atoms with Crippen LogP contribution in [0.3, 0.4) is 0 Å². The Morgan fingerprint density at radius 3 is 2.65 bits per heavy atom. The lowest BCUT2D eigenvalue weighted by Crippen LogP contribution is -2.36. The van der Waals surface area contributed by atoms with Crippen LogP contribution in [0.5, 0.6) is 0 Å². The van der Waals surface area contributed by atoms with Crippen LogP contribution in [0.1, 0.15) is 44.7 Å². The van der Waals surface area contributed by atoms with Gasteiger partial charge in [0.15, 0.2) is 0 Å². The van der Waals surface area contributed by atoms with Crippen molar-refractivity contribution in [3.05, 3.63) is 18.0 Å². The van der Waals surface area contributed by atoms with Gasteiger partial charge >= 0.3 is 0 Å². The summed E-state index contributed by atoms with van der Waals surface area (Å²) >= 11 is 0. The molecule has 0 bridgehead atoms. The molecule has 1 aliphatic rings. The number of sulfonamides is 1. The first-order valence-corrected chi connectivity index (χ1v) is 8.75. The molecule has 0 aliphatic heterocycles. The lowest BCUT2D eigenvalue weighted by atomic mass is 9.76. The third-order valence-corrected chi connectivity index (χ3v) is 5.52. The third kappa shape index (κ3) is 3.84. The van der Waals surface area contributed by atoms with Gasteiger partial charge in [0.25, 0.3) is 0 Å². The number of aromatic nitrogens is 1. The van der Waals surface area contributed by atoms with Crippen LogP contribution >= 0.6 is 0 Å². The molecule has 0 radical (unpaired) electrons. The van der Waals surface area contributed by atoms with Crippen LogP contribution in [-0.4, -0.2) is 27.0 Å². The highest BCUT2D eigenvalue weighted by Crippen LogP contribution is 2.35. The monoisotopic (exact) mass is 299 g/mol. The quantitative estimate of drug-likeness (QED) is 0.752. The number of hydrogen-bond acceptors (Lipinski definition) is 3. The summed E-state index contributed by atoms with van der Waals surface area (Å²) in [6, 6.07) is 1.68. The molecule has 0 aromatic carbocycles. The number of H-pyrrole nitrogens is 1. The first-order valence-electron chi connectivity index (χ1n) is 7.27. The van der Waals surface area contributed by atoms with Crippen molar-refractivity contribution in [2.24, 2.45) is 5.41 Å². The zero-order chi connectivity index (χ0) is 14.6. The van der Waals surface area contributed by atoms with Gasteiger partial charge in [0.2, 0.25) is 10.0 Å². The Labute approximate surface area is 121 Å². The van der Waals surface area contributed by atoms with E-state index in [4.69, 9.17) is 0 Å². The Morgan fingerprint density at radius 1 is 1.30 bits per heavy atom. The fourth-order valence-electron chi connectivity index (χ4n) is 2.80. The number of aromatic amines is 1. The first kappa shape index (κ1) is 15.5. The summed E-state index contributed by atoms with van der Waals surface area (Å²) in [5.74, 6) is 0. The maximum atomic E-state index is 12.3. The molecule has 0 atom stereocenters. The standard InChI is InChI=1S/C14H25N3O2S/c1-14(6-4-3-5-7-14)11-17-20(18,19)13-8-12(9-15-2)16-10-13/h8,10,15-17H,3-7,9,11H2,1-2H3. The number of rotatable bonds is 6. The largest absolute Gasteiger partial charge is 0.363 e. The molecule has 1 aromatic heterocycles. The van der Waals surface area contributed by atoms with E-state index in [2.05, 4.69) is 21.9 Å². The van der Waals surface area contributed by atoms with Gasteiger partial charge in [-0.3, -0.25) is 0 Å². The fourth-order valence-corrected chi connectivity index (χ4v) is 4.02. The van der Waals surface area contributed by atoms with Crippen LogP contribution in [0.25, 0.3) is 0 Å². The molecular weight excluding hydrogens is 274 g/mol. The summed E-state index contributed by atoms with van der Waals surface area (Å²) in [7, 11) is -1.57. The Hall–Kier alpha value is -0.850. The summed E-state index contributed by atoms with van der Waals surface area (Å²) in [6.07, 6.45) is 7.44. The van der Waals surface area contributed by atoms with Crippen LogP contribution in [-0.2, 0) is 16.6 Å². The highest BCUT2D eigenvalue weighted by molar-refractivity contribution is 7.89. The van der Waals surface area contributed by atoms with Crippen LogP contribution in [0.2, 0.25) is 0 Å². The number of nitrogens with one attached hydrogen (secondary N) is 3. The van der Waals surface area contributed by atoms with Crippen molar-refractivity contribution in [3.8, 4) is 0 Å². The van der Waals surface area contributed by atoms with E-state index in [1.807, 2.05) is 7.05 Å². The van der Waals surface area contributed by atoms with E-state index >= 15 is 0 Å². The topological polar surface area (TPSA) is 74.0 Å². The minimum absolute atomic E-state index is 0.107. The Bertz CT molecular complexity index is 530. The summed E-state index contributed by atoms with van der Waals surface area (Å²) < 4.78 is 27.3. The summed E-state index contributed by atoms with van der Waals surface area (Å²) in [6.45, 7) is 3.34. The minimum Gasteiger partial charge on any atom is -0.363 e. The lowest BCUT2D eigenvalue weighted by Gasteiger charge is -2.33. The van der Waals surface area contributed by atoms with Gasteiger partial charge in [-0.15, -0.1) is 0 Å². The average Bonchev–Trinajstić information content (AvgIpc) is 2.88. The first-order chi connectivity index (χ1) is 9.45. The van der Waals surface area contributed by atoms with Gasteiger partial charge in [-0.2, -0.15) is 0 Å². The molecule has 1 aliphatic carbocycles. The molecule has 114 valence electrons. The van der Waals surface area contributed by atoms with Crippen LogP contribution in [0.4, 0.5) is 0 Å². The molecule has 1 saturated carbocycles. The van der Waals surface area contributed by atoms with Crippen molar-refractivity contribution in [2.75, 3.05) is 13.6 Å². The molecule has 0 spiro atoms. The van der Waals surface area contributed by atoms with Crippen molar-refractivity contribution >= 4 is 10.0 Å².